The van der Waals surface area contributed by atoms with Gasteiger partial charge in [-0.15, -0.1) is 0 Å². The van der Waals surface area contributed by atoms with Crippen LogP contribution in [0.3, 0.4) is 0 Å². The lowest BCUT2D eigenvalue weighted by Gasteiger charge is -2.24. The summed E-state index contributed by atoms with van der Waals surface area (Å²) >= 11 is 0. The van der Waals surface area contributed by atoms with Crippen LogP contribution in [0.1, 0.15) is 226 Å². The third kappa shape index (κ3) is 47.5. The van der Waals surface area contributed by atoms with Crippen molar-refractivity contribution in [1.82, 2.24) is 0 Å². The minimum Gasteiger partial charge on any atom is -0.462 e. The van der Waals surface area contributed by atoms with E-state index in [1.54, 1.807) is 0 Å². The van der Waals surface area contributed by atoms with E-state index >= 15 is 0 Å². The topological polar surface area (TPSA) is 108 Å². The molecular formula is C51H97NO8P+. The zero-order valence-electron chi connectivity index (χ0n) is 40.4. The van der Waals surface area contributed by atoms with E-state index in [-0.39, 0.29) is 32.0 Å². The minimum absolute atomic E-state index is 0.0253. The molecule has 9 nitrogen and oxygen atoms in total. The largest absolute Gasteiger partial charge is 0.472 e. The molecule has 0 saturated carbocycles. The second-order valence-corrected chi connectivity index (χ2v) is 19.7. The Morgan fingerprint density at radius 3 is 1.34 bits per heavy atom. The average Bonchev–Trinajstić information content (AvgIpc) is 3.21. The zero-order valence-corrected chi connectivity index (χ0v) is 41.3. The van der Waals surface area contributed by atoms with Gasteiger partial charge in [0, 0.05) is 12.8 Å². The molecule has 0 rings (SSSR count). The van der Waals surface area contributed by atoms with Gasteiger partial charge in [0.15, 0.2) is 6.10 Å². The molecule has 1 N–H and O–H groups in total. The molecule has 0 aliphatic carbocycles. The van der Waals surface area contributed by atoms with Gasteiger partial charge < -0.3 is 18.9 Å². The second kappa shape index (κ2) is 43.5. The molecule has 10 heteroatoms. The second-order valence-electron chi connectivity index (χ2n) is 18.2. The molecule has 0 aromatic heterocycles. The Balaban J connectivity index is 4.24. The fourth-order valence-corrected chi connectivity index (χ4v) is 7.70. The Kier molecular flexibility index (Phi) is 42.2. The summed E-state index contributed by atoms with van der Waals surface area (Å²) in [6.45, 7) is 4.38. The van der Waals surface area contributed by atoms with E-state index in [9.17, 15) is 19.0 Å². The highest BCUT2D eigenvalue weighted by Gasteiger charge is 2.27. The van der Waals surface area contributed by atoms with Crippen LogP contribution >= 0.6 is 7.82 Å². The van der Waals surface area contributed by atoms with Crippen LogP contribution < -0.4 is 0 Å². The third-order valence-electron chi connectivity index (χ3n) is 10.9. The van der Waals surface area contributed by atoms with Gasteiger partial charge in [0.1, 0.15) is 19.8 Å². The van der Waals surface area contributed by atoms with E-state index < -0.39 is 26.5 Å². The number of quaternary nitrogens is 1. The van der Waals surface area contributed by atoms with Crippen molar-refractivity contribution in [3.05, 3.63) is 36.5 Å². The summed E-state index contributed by atoms with van der Waals surface area (Å²) < 4.78 is 34.4. The van der Waals surface area contributed by atoms with Crippen molar-refractivity contribution in [2.24, 2.45) is 0 Å². The lowest BCUT2D eigenvalue weighted by atomic mass is 10.0. The van der Waals surface area contributed by atoms with E-state index in [2.05, 4.69) is 50.3 Å². The Bertz CT molecular complexity index is 1130. The van der Waals surface area contributed by atoms with Gasteiger partial charge in [-0.05, 0) is 51.4 Å². The van der Waals surface area contributed by atoms with Gasteiger partial charge in [0.25, 0.3) is 0 Å². The lowest BCUT2D eigenvalue weighted by Crippen LogP contribution is -2.37. The molecule has 0 saturated heterocycles. The number of allylic oxidation sites excluding steroid dienone is 6. The average molecular weight is 883 g/mol. The number of hydrogen-bond acceptors (Lipinski definition) is 7. The normalized spacial score (nSPS) is 13.7. The molecule has 0 radical (unpaired) electrons. The number of nitrogens with zero attached hydrogens (tertiary/aromatic N) is 1. The van der Waals surface area contributed by atoms with Gasteiger partial charge in [0.05, 0.1) is 27.7 Å². The smallest absolute Gasteiger partial charge is 0.462 e. The number of ether oxygens (including phenoxy) is 2. The molecule has 0 aromatic rings. The summed E-state index contributed by atoms with van der Waals surface area (Å²) in [6.07, 6.45) is 50.6. The zero-order chi connectivity index (χ0) is 45.0. The molecule has 0 aliphatic heterocycles. The summed E-state index contributed by atoms with van der Waals surface area (Å²) in [6, 6.07) is 0. The van der Waals surface area contributed by atoms with E-state index in [4.69, 9.17) is 18.5 Å². The number of carbonyl (C=O) groups excluding carboxylic acids is 2. The highest BCUT2D eigenvalue weighted by molar-refractivity contribution is 7.47. The SMILES string of the molecule is CCCCC/C=C/C/C=C/C/C=C/CCCCC(=O)O[C@H](COC(=O)CCCCCCCCCCCCCCCCCCCCCCCC)COP(=O)(O)OCC[N+](C)(C)C. The monoisotopic (exact) mass is 883 g/mol. The van der Waals surface area contributed by atoms with Crippen molar-refractivity contribution < 1.29 is 42.1 Å². The molecule has 0 heterocycles. The van der Waals surface area contributed by atoms with Gasteiger partial charge in [-0.1, -0.05) is 198 Å². The summed E-state index contributed by atoms with van der Waals surface area (Å²) in [5.41, 5.74) is 0. The first kappa shape index (κ1) is 59.2. The fourth-order valence-electron chi connectivity index (χ4n) is 6.96. The van der Waals surface area contributed by atoms with Crippen LogP contribution in [0.2, 0.25) is 0 Å². The van der Waals surface area contributed by atoms with Crippen LogP contribution in [-0.2, 0) is 32.7 Å². The van der Waals surface area contributed by atoms with Gasteiger partial charge in [-0.3, -0.25) is 18.6 Å². The van der Waals surface area contributed by atoms with Gasteiger partial charge >= 0.3 is 19.8 Å². The molecule has 2 atom stereocenters. The van der Waals surface area contributed by atoms with Crippen LogP contribution in [0.25, 0.3) is 0 Å². The van der Waals surface area contributed by atoms with Crippen LogP contribution in [0, 0.1) is 0 Å². The fraction of sp³-hybridized carbons (Fsp3) is 0.843. The number of likely N-dealkylation sites (N-methyl/N-ethyl adjacent to an activating group) is 1. The van der Waals surface area contributed by atoms with Crippen LogP contribution in [0.15, 0.2) is 36.5 Å². The quantitative estimate of drug-likeness (QED) is 0.0212. The maximum Gasteiger partial charge on any atom is 0.472 e. The third-order valence-corrected chi connectivity index (χ3v) is 11.9. The first-order valence-corrected chi connectivity index (χ1v) is 26.7. The molecule has 0 fully saturated rings. The Labute approximate surface area is 376 Å². The van der Waals surface area contributed by atoms with Crippen molar-refractivity contribution >= 4 is 19.8 Å². The highest BCUT2D eigenvalue weighted by Crippen LogP contribution is 2.43. The Morgan fingerprint density at radius 2 is 0.885 bits per heavy atom. The molecule has 358 valence electrons. The molecular weight excluding hydrogens is 786 g/mol. The van der Waals surface area contributed by atoms with Gasteiger partial charge in [-0.2, -0.15) is 0 Å². The summed E-state index contributed by atoms with van der Waals surface area (Å²) in [5, 5.41) is 0. The first-order chi connectivity index (χ1) is 29.5. The maximum atomic E-state index is 12.7. The van der Waals surface area contributed by atoms with Crippen molar-refractivity contribution in [3.8, 4) is 0 Å². The summed E-state index contributed by atoms with van der Waals surface area (Å²) in [4.78, 5) is 35.5. The van der Waals surface area contributed by atoms with Crippen LogP contribution in [-0.4, -0.2) is 74.9 Å². The number of carbonyl (C=O) groups is 2. The van der Waals surface area contributed by atoms with Gasteiger partial charge in [0.2, 0.25) is 0 Å². The molecule has 0 aliphatic rings. The molecule has 0 spiro atoms. The number of phosphoric acid groups is 1. The van der Waals surface area contributed by atoms with Crippen molar-refractivity contribution in [2.75, 3.05) is 47.5 Å². The van der Waals surface area contributed by atoms with Crippen molar-refractivity contribution in [1.29, 1.82) is 0 Å². The predicted octanol–water partition coefficient (Wildman–Crippen LogP) is 14.9. The molecule has 0 amide bonds. The molecule has 61 heavy (non-hydrogen) atoms. The van der Waals surface area contributed by atoms with Crippen molar-refractivity contribution in [3.63, 3.8) is 0 Å². The van der Waals surface area contributed by atoms with E-state index in [0.29, 0.717) is 17.4 Å². The standard InChI is InChI=1S/C51H96NO8P/c1-6-8-10-12-14-16-18-20-22-23-24-25-26-27-28-30-31-33-35-37-39-41-43-50(53)57-47-49(48-59-61(55,56)58-46-45-52(3,4)5)60-51(54)44-42-40-38-36-34-32-29-21-19-17-15-13-11-9-7-2/h15,17,21,29,34,36,49H,6-14,16,18-20,22-28,30-33,35,37-48H2,1-5H3/p+1/b17-15+,29-21+,36-34+/t49-/m1/s1. The number of unbranched alkanes of at least 4 members (excludes halogenated alkanes) is 26. The van der Waals surface area contributed by atoms with E-state index in [1.807, 2.05) is 21.1 Å². The number of esters is 2. The summed E-state index contributed by atoms with van der Waals surface area (Å²) in [5.74, 6) is -0.835. The van der Waals surface area contributed by atoms with Crippen molar-refractivity contribution in [2.45, 2.75) is 232 Å². The number of hydrogen-bond donors (Lipinski definition) is 1. The van der Waals surface area contributed by atoms with E-state index in [1.165, 1.54) is 141 Å². The van der Waals surface area contributed by atoms with Crippen LogP contribution in [0.5, 0.6) is 0 Å². The minimum atomic E-state index is -4.39. The lowest BCUT2D eigenvalue weighted by molar-refractivity contribution is -0.870. The molecule has 0 bridgehead atoms. The van der Waals surface area contributed by atoms with Gasteiger partial charge in [-0.25, -0.2) is 4.57 Å². The summed E-state index contributed by atoms with van der Waals surface area (Å²) in [7, 11) is 1.46. The van der Waals surface area contributed by atoms with Crippen LogP contribution in [0.4, 0.5) is 0 Å². The molecule has 0 aromatic carbocycles. The van der Waals surface area contributed by atoms with E-state index in [0.717, 1.165) is 51.4 Å². The Morgan fingerprint density at radius 1 is 0.508 bits per heavy atom. The number of rotatable bonds is 46. The first-order valence-electron chi connectivity index (χ1n) is 25.2. The number of phosphoric ester groups is 1. The predicted molar refractivity (Wildman–Crippen MR) is 257 cm³/mol. The molecule has 1 unspecified atom stereocenters. The Hall–Kier alpha value is -1.77. The highest BCUT2D eigenvalue weighted by atomic mass is 31.2. The maximum absolute atomic E-state index is 12.7.